The summed E-state index contributed by atoms with van der Waals surface area (Å²) in [7, 11) is 0. The number of hydrogen-bond acceptors (Lipinski definition) is 2. The smallest absolute Gasteiger partial charge is 0.240 e. The van der Waals surface area contributed by atoms with Crippen molar-refractivity contribution in [3.63, 3.8) is 0 Å². The lowest BCUT2D eigenvalue weighted by Crippen LogP contribution is -2.55. The summed E-state index contributed by atoms with van der Waals surface area (Å²) in [5, 5.41) is 3.22. The molecule has 0 radical (unpaired) electrons. The van der Waals surface area contributed by atoms with E-state index in [1.807, 2.05) is 0 Å². The Morgan fingerprint density at radius 2 is 1.84 bits per heavy atom. The van der Waals surface area contributed by atoms with Crippen LogP contribution in [0.25, 0.3) is 0 Å². The van der Waals surface area contributed by atoms with Crippen molar-refractivity contribution < 1.29 is 4.79 Å². The Morgan fingerprint density at radius 3 is 2.42 bits per heavy atom. The molecule has 112 valence electrons. The van der Waals surface area contributed by atoms with Crippen molar-refractivity contribution in [2.45, 2.75) is 76.8 Å². The number of carbonyl (C=O) groups is 1. The molecule has 2 rings (SSSR count). The summed E-state index contributed by atoms with van der Waals surface area (Å²) in [6.07, 6.45) is 8.75. The van der Waals surface area contributed by atoms with Gasteiger partial charge in [0.1, 0.15) is 0 Å². The lowest BCUT2D eigenvalue weighted by Gasteiger charge is -2.34. The number of hydrogen-bond donors (Lipinski definition) is 2. The first-order chi connectivity index (χ1) is 8.51. The molecule has 0 aromatic rings. The number of rotatable bonds is 3. The lowest BCUT2D eigenvalue weighted by molar-refractivity contribution is -0.127. The zero-order valence-corrected chi connectivity index (χ0v) is 13.1. The Balaban J connectivity index is 0.00000180. The third-order valence-electron chi connectivity index (χ3n) is 4.94. The van der Waals surface area contributed by atoms with Gasteiger partial charge in [-0.2, -0.15) is 0 Å². The average Bonchev–Trinajstić information content (AvgIpc) is 2.78. The Hall–Kier alpha value is -0.280. The minimum atomic E-state index is -0.565. The van der Waals surface area contributed by atoms with E-state index in [-0.39, 0.29) is 18.3 Å². The Kier molecular flexibility index (Phi) is 6.13. The average molecular weight is 289 g/mol. The third-order valence-corrected chi connectivity index (χ3v) is 4.94. The van der Waals surface area contributed by atoms with E-state index in [0.717, 1.165) is 50.4 Å². The first-order valence-electron chi connectivity index (χ1n) is 7.61. The summed E-state index contributed by atoms with van der Waals surface area (Å²) < 4.78 is 0. The summed E-state index contributed by atoms with van der Waals surface area (Å²) in [5.41, 5.74) is 5.64. The van der Waals surface area contributed by atoms with E-state index < -0.39 is 5.54 Å². The number of nitrogens with one attached hydrogen (secondary N) is 1. The lowest BCUT2D eigenvalue weighted by atomic mass is 9.79. The maximum Gasteiger partial charge on any atom is 0.240 e. The molecule has 0 aromatic carbocycles. The molecule has 2 atom stereocenters. The minimum absolute atomic E-state index is 0. The van der Waals surface area contributed by atoms with Crippen molar-refractivity contribution in [3.8, 4) is 0 Å². The van der Waals surface area contributed by atoms with Crippen LogP contribution in [0.3, 0.4) is 0 Å². The van der Waals surface area contributed by atoms with Crippen molar-refractivity contribution in [1.29, 1.82) is 0 Å². The van der Waals surface area contributed by atoms with Gasteiger partial charge in [0, 0.05) is 6.04 Å². The van der Waals surface area contributed by atoms with Crippen LogP contribution in [0.5, 0.6) is 0 Å². The van der Waals surface area contributed by atoms with Crippen LogP contribution in [-0.2, 0) is 4.79 Å². The van der Waals surface area contributed by atoms with Gasteiger partial charge >= 0.3 is 0 Å². The summed E-state index contributed by atoms with van der Waals surface area (Å²) in [5.74, 6) is 1.60. The quantitative estimate of drug-likeness (QED) is 0.839. The van der Waals surface area contributed by atoms with Gasteiger partial charge in [0.15, 0.2) is 0 Å². The molecule has 0 aliphatic heterocycles. The number of amides is 1. The van der Waals surface area contributed by atoms with Crippen molar-refractivity contribution in [2.75, 3.05) is 0 Å². The Morgan fingerprint density at radius 1 is 1.21 bits per heavy atom. The van der Waals surface area contributed by atoms with Crippen LogP contribution in [0.15, 0.2) is 0 Å². The van der Waals surface area contributed by atoms with E-state index in [2.05, 4.69) is 19.2 Å². The molecule has 0 spiro atoms. The van der Waals surface area contributed by atoms with E-state index in [9.17, 15) is 4.79 Å². The van der Waals surface area contributed by atoms with Crippen LogP contribution in [0.2, 0.25) is 0 Å². The molecule has 0 saturated heterocycles. The summed E-state index contributed by atoms with van der Waals surface area (Å²) in [6, 6.07) is 0.361. The number of nitrogens with two attached hydrogens (primary N) is 1. The normalized spacial score (nSPS) is 29.9. The fraction of sp³-hybridized carbons (Fsp3) is 0.933. The second-order valence-corrected chi connectivity index (χ2v) is 6.70. The third kappa shape index (κ3) is 4.09. The maximum atomic E-state index is 12.3. The van der Waals surface area contributed by atoms with Gasteiger partial charge in [0.25, 0.3) is 0 Å². The largest absolute Gasteiger partial charge is 0.352 e. The predicted octanol–water partition coefficient (Wildman–Crippen LogP) is 3.01. The van der Waals surface area contributed by atoms with Gasteiger partial charge in [-0.1, -0.05) is 39.5 Å². The predicted molar refractivity (Wildman–Crippen MR) is 81.4 cm³/mol. The van der Waals surface area contributed by atoms with Gasteiger partial charge in [-0.15, -0.1) is 12.4 Å². The van der Waals surface area contributed by atoms with Crippen LogP contribution < -0.4 is 11.1 Å². The number of carbonyl (C=O) groups excluding carboxylic acids is 1. The molecule has 3 N–H and O–H groups in total. The molecule has 1 amide bonds. The van der Waals surface area contributed by atoms with Crippen LogP contribution in [0.4, 0.5) is 0 Å². The van der Waals surface area contributed by atoms with Crippen molar-refractivity contribution in [2.24, 2.45) is 17.6 Å². The number of halogens is 1. The molecular weight excluding hydrogens is 260 g/mol. The molecule has 3 nitrogen and oxygen atoms in total. The first kappa shape index (κ1) is 16.8. The van der Waals surface area contributed by atoms with Gasteiger partial charge < -0.3 is 11.1 Å². The van der Waals surface area contributed by atoms with Gasteiger partial charge in [-0.3, -0.25) is 4.79 Å². The molecule has 19 heavy (non-hydrogen) atoms. The fourth-order valence-corrected chi connectivity index (χ4v) is 3.53. The highest BCUT2D eigenvalue weighted by Crippen LogP contribution is 2.31. The van der Waals surface area contributed by atoms with Crippen LogP contribution >= 0.6 is 12.4 Å². The van der Waals surface area contributed by atoms with Crippen molar-refractivity contribution in [1.82, 2.24) is 5.32 Å². The minimum Gasteiger partial charge on any atom is -0.352 e. The van der Waals surface area contributed by atoms with E-state index in [1.165, 1.54) is 12.8 Å². The van der Waals surface area contributed by atoms with E-state index in [0.29, 0.717) is 6.04 Å². The van der Waals surface area contributed by atoms with E-state index >= 15 is 0 Å². The highest BCUT2D eigenvalue weighted by molar-refractivity contribution is 5.86. The molecule has 0 heterocycles. The van der Waals surface area contributed by atoms with Gasteiger partial charge in [0.05, 0.1) is 5.54 Å². The van der Waals surface area contributed by atoms with Crippen molar-refractivity contribution >= 4 is 18.3 Å². The molecular formula is C15H29ClN2O. The topological polar surface area (TPSA) is 55.1 Å². The molecule has 4 heteroatoms. The zero-order chi connectivity index (χ0) is 13.2. The van der Waals surface area contributed by atoms with E-state index in [4.69, 9.17) is 5.73 Å². The summed E-state index contributed by atoms with van der Waals surface area (Å²) in [4.78, 5) is 12.3. The zero-order valence-electron chi connectivity index (χ0n) is 12.3. The Bertz CT molecular complexity index is 301. The first-order valence-corrected chi connectivity index (χ1v) is 7.61. The van der Waals surface area contributed by atoms with Crippen molar-refractivity contribution in [3.05, 3.63) is 0 Å². The highest BCUT2D eigenvalue weighted by atomic mass is 35.5. The monoisotopic (exact) mass is 288 g/mol. The molecule has 2 unspecified atom stereocenters. The van der Waals surface area contributed by atoms with Crippen LogP contribution in [-0.4, -0.2) is 17.5 Å². The van der Waals surface area contributed by atoms with Crippen LogP contribution in [0.1, 0.15) is 65.2 Å². The molecule has 0 aromatic heterocycles. The molecule has 2 aliphatic rings. The van der Waals surface area contributed by atoms with Crippen LogP contribution in [0, 0.1) is 11.8 Å². The second kappa shape index (κ2) is 6.94. The van der Waals surface area contributed by atoms with E-state index in [1.54, 1.807) is 0 Å². The standard InChI is InChI=1S/C15H28N2O.ClH/c1-11(2)12-6-5-7-13(10-12)17-14(18)15(16)8-3-4-9-15;/h11-13H,3-10,16H2,1-2H3,(H,17,18);1H. The Labute approximate surface area is 123 Å². The molecule has 2 aliphatic carbocycles. The molecule has 2 saturated carbocycles. The summed E-state index contributed by atoms with van der Waals surface area (Å²) >= 11 is 0. The second-order valence-electron chi connectivity index (χ2n) is 6.70. The van der Waals surface area contributed by atoms with Gasteiger partial charge in [-0.05, 0) is 37.5 Å². The fourth-order valence-electron chi connectivity index (χ4n) is 3.53. The van der Waals surface area contributed by atoms with Gasteiger partial charge in [0.2, 0.25) is 5.91 Å². The highest BCUT2D eigenvalue weighted by Gasteiger charge is 2.38. The SMILES string of the molecule is CC(C)C1CCCC(NC(=O)C2(N)CCCC2)C1.Cl. The van der Waals surface area contributed by atoms with Gasteiger partial charge in [-0.25, -0.2) is 0 Å². The molecule has 2 fully saturated rings. The summed E-state index contributed by atoms with van der Waals surface area (Å²) in [6.45, 7) is 4.58. The maximum absolute atomic E-state index is 12.3. The molecule has 0 bridgehead atoms.